The standard InChI is InChI=1S/C13H11BrO2/c14-12-8-4-5-9-13(12)16-10-15-11-6-2-1-3-7-11/h1-9H,10H2. The second-order valence-electron chi connectivity index (χ2n) is 3.15. The second-order valence-corrected chi connectivity index (χ2v) is 4.00. The number of halogens is 1. The molecule has 0 N–H and O–H groups in total. The Morgan fingerprint density at radius 2 is 1.50 bits per heavy atom. The molecular weight excluding hydrogens is 268 g/mol. The minimum absolute atomic E-state index is 0.201. The van der Waals surface area contributed by atoms with Crippen molar-refractivity contribution in [3.8, 4) is 11.5 Å². The van der Waals surface area contributed by atoms with Gasteiger partial charge in [-0.3, -0.25) is 0 Å². The third kappa shape index (κ3) is 3.00. The predicted octanol–water partition coefficient (Wildman–Crippen LogP) is 3.86. The molecule has 0 spiro atoms. The number of hydrogen-bond donors (Lipinski definition) is 0. The van der Waals surface area contributed by atoms with Crippen LogP contribution in [0, 0.1) is 0 Å². The molecule has 3 heteroatoms. The maximum absolute atomic E-state index is 5.47. The van der Waals surface area contributed by atoms with Gasteiger partial charge in [0.2, 0.25) is 6.79 Å². The van der Waals surface area contributed by atoms with Crippen molar-refractivity contribution in [1.29, 1.82) is 0 Å². The van der Waals surface area contributed by atoms with Gasteiger partial charge in [-0.05, 0) is 40.2 Å². The second kappa shape index (κ2) is 5.56. The summed E-state index contributed by atoms with van der Waals surface area (Å²) < 4.78 is 11.8. The van der Waals surface area contributed by atoms with E-state index in [1.807, 2.05) is 54.6 Å². The number of hydrogen-bond acceptors (Lipinski definition) is 2. The Bertz CT molecular complexity index is 443. The first-order valence-corrected chi connectivity index (χ1v) is 5.71. The molecule has 0 saturated heterocycles. The Kier molecular flexibility index (Phi) is 3.83. The predicted molar refractivity (Wildman–Crippen MR) is 66.7 cm³/mol. The van der Waals surface area contributed by atoms with Crippen molar-refractivity contribution in [2.24, 2.45) is 0 Å². The summed E-state index contributed by atoms with van der Waals surface area (Å²) in [5, 5.41) is 0. The maximum Gasteiger partial charge on any atom is 0.230 e. The molecule has 82 valence electrons. The SMILES string of the molecule is Brc1ccccc1OCOc1ccccc1. The first-order chi connectivity index (χ1) is 7.86. The molecule has 0 aromatic heterocycles. The summed E-state index contributed by atoms with van der Waals surface area (Å²) in [6, 6.07) is 17.3. The summed E-state index contributed by atoms with van der Waals surface area (Å²) in [5.41, 5.74) is 0. The molecule has 0 unspecified atom stereocenters. The summed E-state index contributed by atoms with van der Waals surface area (Å²) in [5.74, 6) is 1.58. The van der Waals surface area contributed by atoms with E-state index in [2.05, 4.69) is 15.9 Å². The number of ether oxygens (including phenoxy) is 2. The van der Waals surface area contributed by atoms with Gasteiger partial charge >= 0.3 is 0 Å². The van der Waals surface area contributed by atoms with Gasteiger partial charge in [-0.2, -0.15) is 0 Å². The van der Waals surface area contributed by atoms with E-state index in [-0.39, 0.29) is 6.79 Å². The van der Waals surface area contributed by atoms with Crippen molar-refractivity contribution in [1.82, 2.24) is 0 Å². The van der Waals surface area contributed by atoms with Crippen molar-refractivity contribution in [3.63, 3.8) is 0 Å². The van der Waals surface area contributed by atoms with E-state index in [4.69, 9.17) is 9.47 Å². The summed E-state index contributed by atoms with van der Waals surface area (Å²) in [4.78, 5) is 0. The highest BCUT2D eigenvalue weighted by molar-refractivity contribution is 9.10. The van der Waals surface area contributed by atoms with Gasteiger partial charge in [-0.15, -0.1) is 0 Å². The highest BCUT2D eigenvalue weighted by Crippen LogP contribution is 2.23. The Morgan fingerprint density at radius 1 is 0.812 bits per heavy atom. The molecule has 2 aromatic rings. The van der Waals surface area contributed by atoms with Gasteiger partial charge in [-0.1, -0.05) is 30.3 Å². The molecule has 0 bridgehead atoms. The van der Waals surface area contributed by atoms with Gasteiger partial charge in [0, 0.05) is 0 Å². The van der Waals surface area contributed by atoms with Gasteiger partial charge in [0.05, 0.1) is 4.47 Å². The van der Waals surface area contributed by atoms with E-state index in [0.717, 1.165) is 16.0 Å². The van der Waals surface area contributed by atoms with Gasteiger partial charge < -0.3 is 9.47 Å². The molecular formula is C13H11BrO2. The molecule has 0 amide bonds. The van der Waals surface area contributed by atoms with Crippen molar-refractivity contribution < 1.29 is 9.47 Å². The normalized spacial score (nSPS) is 9.81. The quantitative estimate of drug-likeness (QED) is 0.791. The topological polar surface area (TPSA) is 18.5 Å². The molecule has 2 rings (SSSR count). The number of rotatable bonds is 4. The molecule has 0 heterocycles. The molecule has 2 nitrogen and oxygen atoms in total. The van der Waals surface area contributed by atoms with Crippen LogP contribution in [-0.2, 0) is 0 Å². The van der Waals surface area contributed by atoms with Gasteiger partial charge in [0.15, 0.2) is 0 Å². The zero-order valence-corrected chi connectivity index (χ0v) is 10.2. The lowest BCUT2D eigenvalue weighted by atomic mass is 10.3. The van der Waals surface area contributed by atoms with Crippen LogP contribution in [0.1, 0.15) is 0 Å². The summed E-state index contributed by atoms with van der Waals surface area (Å²) >= 11 is 3.40. The molecule has 0 fully saturated rings. The van der Waals surface area contributed by atoms with Crippen LogP contribution >= 0.6 is 15.9 Å². The Labute approximate surface area is 103 Å². The van der Waals surface area contributed by atoms with E-state index < -0.39 is 0 Å². The molecule has 0 radical (unpaired) electrons. The zero-order valence-electron chi connectivity index (χ0n) is 8.60. The average Bonchev–Trinajstić information content (AvgIpc) is 2.33. The molecule has 0 aliphatic carbocycles. The largest absolute Gasteiger partial charge is 0.458 e. The van der Waals surface area contributed by atoms with E-state index in [1.165, 1.54) is 0 Å². The van der Waals surface area contributed by atoms with Crippen LogP contribution in [0.5, 0.6) is 11.5 Å². The minimum Gasteiger partial charge on any atom is -0.458 e. The fourth-order valence-corrected chi connectivity index (χ4v) is 1.64. The lowest BCUT2D eigenvalue weighted by molar-refractivity contribution is 0.119. The summed E-state index contributed by atoms with van der Waals surface area (Å²) in [6.07, 6.45) is 0. The molecule has 0 atom stereocenters. The van der Waals surface area contributed by atoms with Crippen molar-refractivity contribution in [2.45, 2.75) is 0 Å². The van der Waals surface area contributed by atoms with Crippen LogP contribution in [0.4, 0.5) is 0 Å². The van der Waals surface area contributed by atoms with E-state index in [9.17, 15) is 0 Å². The average molecular weight is 279 g/mol. The smallest absolute Gasteiger partial charge is 0.230 e. The highest BCUT2D eigenvalue weighted by Gasteiger charge is 1.98. The zero-order chi connectivity index (χ0) is 11.2. The van der Waals surface area contributed by atoms with Crippen LogP contribution in [-0.4, -0.2) is 6.79 Å². The molecule has 16 heavy (non-hydrogen) atoms. The fraction of sp³-hybridized carbons (Fsp3) is 0.0769. The molecule has 2 aromatic carbocycles. The van der Waals surface area contributed by atoms with E-state index >= 15 is 0 Å². The molecule has 0 aliphatic heterocycles. The van der Waals surface area contributed by atoms with Crippen LogP contribution in [0.2, 0.25) is 0 Å². The monoisotopic (exact) mass is 278 g/mol. The summed E-state index contributed by atoms with van der Waals surface area (Å²) in [7, 11) is 0. The van der Waals surface area contributed by atoms with E-state index in [1.54, 1.807) is 0 Å². The first kappa shape index (κ1) is 11.0. The highest BCUT2D eigenvalue weighted by atomic mass is 79.9. The first-order valence-electron chi connectivity index (χ1n) is 4.91. The van der Waals surface area contributed by atoms with Crippen LogP contribution < -0.4 is 9.47 Å². The summed E-state index contributed by atoms with van der Waals surface area (Å²) in [6.45, 7) is 0.201. The van der Waals surface area contributed by atoms with Crippen LogP contribution in [0.3, 0.4) is 0 Å². The van der Waals surface area contributed by atoms with E-state index in [0.29, 0.717) is 0 Å². The molecule has 0 saturated carbocycles. The lowest BCUT2D eigenvalue weighted by Gasteiger charge is -2.09. The van der Waals surface area contributed by atoms with Gasteiger partial charge in [0.1, 0.15) is 11.5 Å². The Balaban J connectivity index is 1.87. The van der Waals surface area contributed by atoms with Crippen LogP contribution in [0.25, 0.3) is 0 Å². The number of para-hydroxylation sites is 2. The molecule has 0 aliphatic rings. The van der Waals surface area contributed by atoms with Crippen molar-refractivity contribution in [2.75, 3.05) is 6.79 Å². The maximum atomic E-state index is 5.47. The number of benzene rings is 2. The fourth-order valence-electron chi connectivity index (χ4n) is 1.24. The van der Waals surface area contributed by atoms with Crippen molar-refractivity contribution in [3.05, 3.63) is 59.1 Å². The third-order valence-corrected chi connectivity index (χ3v) is 2.67. The Morgan fingerprint density at radius 3 is 2.25 bits per heavy atom. The Hall–Kier alpha value is -1.48. The third-order valence-electron chi connectivity index (χ3n) is 2.02. The van der Waals surface area contributed by atoms with Gasteiger partial charge in [-0.25, -0.2) is 0 Å². The van der Waals surface area contributed by atoms with Gasteiger partial charge in [0.25, 0.3) is 0 Å². The van der Waals surface area contributed by atoms with Crippen molar-refractivity contribution >= 4 is 15.9 Å². The minimum atomic E-state index is 0.201. The van der Waals surface area contributed by atoms with Crippen LogP contribution in [0.15, 0.2) is 59.1 Å². The lowest BCUT2D eigenvalue weighted by Crippen LogP contribution is -2.05.